The summed E-state index contributed by atoms with van der Waals surface area (Å²) in [5.41, 5.74) is 3.54. The van der Waals surface area contributed by atoms with Crippen LogP contribution in [0.5, 0.6) is 5.75 Å². The van der Waals surface area contributed by atoms with E-state index in [2.05, 4.69) is 10.5 Å². The summed E-state index contributed by atoms with van der Waals surface area (Å²) in [6, 6.07) is 6.38. The van der Waals surface area contributed by atoms with Gasteiger partial charge in [0, 0.05) is 5.71 Å². The predicted octanol–water partition coefficient (Wildman–Crippen LogP) is 1.75. The molecule has 0 spiro atoms. The van der Waals surface area contributed by atoms with E-state index in [1.807, 2.05) is 0 Å². The quantitative estimate of drug-likeness (QED) is 0.488. The van der Waals surface area contributed by atoms with Crippen LogP contribution in [0.1, 0.15) is 31.1 Å². The van der Waals surface area contributed by atoms with Crippen LogP contribution >= 0.6 is 0 Å². The Bertz CT molecular complexity index is 490. The molecule has 108 valence electrons. The van der Waals surface area contributed by atoms with Crippen molar-refractivity contribution in [3.05, 3.63) is 29.8 Å². The molecule has 0 unspecified atom stereocenters. The summed E-state index contributed by atoms with van der Waals surface area (Å²) in [4.78, 5) is 22.8. The van der Waals surface area contributed by atoms with Crippen LogP contribution in [0.4, 0.5) is 0 Å². The van der Waals surface area contributed by atoms with E-state index in [0.29, 0.717) is 17.9 Å². The molecule has 0 heterocycles. The van der Waals surface area contributed by atoms with E-state index in [1.165, 1.54) is 0 Å². The second-order valence-electron chi connectivity index (χ2n) is 4.13. The first-order chi connectivity index (χ1) is 9.52. The zero-order chi connectivity index (χ0) is 15.0. The van der Waals surface area contributed by atoms with Gasteiger partial charge in [0.2, 0.25) is 0 Å². The third-order valence-electron chi connectivity index (χ3n) is 2.14. The van der Waals surface area contributed by atoms with Crippen LogP contribution in [0.3, 0.4) is 0 Å². The Labute approximate surface area is 117 Å². The summed E-state index contributed by atoms with van der Waals surface area (Å²) in [6.45, 7) is 5.48. The van der Waals surface area contributed by atoms with Crippen molar-refractivity contribution in [3.8, 4) is 5.75 Å². The number of carbonyl (C=O) groups is 2. The molecule has 1 N–H and O–H groups in total. The zero-order valence-electron chi connectivity index (χ0n) is 11.8. The van der Waals surface area contributed by atoms with Crippen LogP contribution < -0.4 is 10.2 Å². The van der Waals surface area contributed by atoms with Gasteiger partial charge < -0.3 is 9.47 Å². The Kier molecular flexibility index (Phi) is 6.22. The van der Waals surface area contributed by atoms with Crippen molar-refractivity contribution >= 4 is 17.6 Å². The smallest absolute Gasteiger partial charge is 0.338 e. The van der Waals surface area contributed by atoms with Crippen molar-refractivity contribution in [1.82, 2.24) is 5.43 Å². The van der Waals surface area contributed by atoms with Gasteiger partial charge in [-0.1, -0.05) is 0 Å². The number of benzene rings is 1. The molecular formula is C14H18N2O4. The molecule has 0 fully saturated rings. The molecule has 0 saturated carbocycles. The number of hydrogen-bond acceptors (Lipinski definition) is 5. The molecule has 1 amide bonds. The van der Waals surface area contributed by atoms with Gasteiger partial charge in [-0.2, -0.15) is 5.10 Å². The monoisotopic (exact) mass is 278 g/mol. The molecule has 1 rings (SSSR count). The van der Waals surface area contributed by atoms with E-state index in [9.17, 15) is 9.59 Å². The number of ether oxygens (including phenoxy) is 2. The molecule has 0 aliphatic carbocycles. The molecule has 1 aromatic carbocycles. The number of nitrogens with one attached hydrogen (secondary N) is 1. The molecule has 0 aliphatic rings. The van der Waals surface area contributed by atoms with Crippen molar-refractivity contribution in [2.24, 2.45) is 5.10 Å². The van der Waals surface area contributed by atoms with Gasteiger partial charge in [-0.3, -0.25) is 4.79 Å². The molecule has 0 aromatic heterocycles. The van der Waals surface area contributed by atoms with Crippen LogP contribution in [-0.4, -0.2) is 30.8 Å². The molecule has 0 saturated heterocycles. The highest BCUT2D eigenvalue weighted by molar-refractivity contribution is 5.89. The minimum atomic E-state index is -0.385. The van der Waals surface area contributed by atoms with E-state index in [1.54, 1.807) is 45.0 Å². The zero-order valence-corrected chi connectivity index (χ0v) is 11.8. The van der Waals surface area contributed by atoms with E-state index in [4.69, 9.17) is 9.47 Å². The number of hydrogen-bond donors (Lipinski definition) is 1. The molecule has 1 aromatic rings. The Balaban J connectivity index is 2.48. The molecule has 0 aliphatic heterocycles. The fourth-order valence-electron chi connectivity index (χ4n) is 1.26. The van der Waals surface area contributed by atoms with Gasteiger partial charge in [0.1, 0.15) is 5.75 Å². The first-order valence-electron chi connectivity index (χ1n) is 6.22. The Hall–Kier alpha value is -2.37. The molecule has 20 heavy (non-hydrogen) atoms. The van der Waals surface area contributed by atoms with Gasteiger partial charge in [0.15, 0.2) is 6.61 Å². The highest BCUT2D eigenvalue weighted by Gasteiger charge is 2.06. The third kappa shape index (κ3) is 5.51. The number of hydrazone groups is 1. The maximum atomic E-state index is 11.4. The molecule has 6 heteroatoms. The van der Waals surface area contributed by atoms with E-state index in [0.717, 1.165) is 5.71 Å². The lowest BCUT2D eigenvalue weighted by atomic mass is 10.2. The highest BCUT2D eigenvalue weighted by atomic mass is 16.5. The summed E-state index contributed by atoms with van der Waals surface area (Å²) in [5.74, 6) is -0.240. The normalized spacial score (nSPS) is 9.55. The third-order valence-corrected chi connectivity index (χ3v) is 2.14. The fourth-order valence-corrected chi connectivity index (χ4v) is 1.26. The SMILES string of the molecule is CCOC(=O)c1ccc(OCC(=O)NN=C(C)C)cc1. The standard InChI is InChI=1S/C14H18N2O4/c1-4-19-14(18)11-5-7-12(8-6-11)20-9-13(17)16-15-10(2)3/h5-8H,4,9H2,1-3H3,(H,16,17). The van der Waals surface area contributed by atoms with Crippen molar-refractivity contribution in [2.45, 2.75) is 20.8 Å². The van der Waals surface area contributed by atoms with Crippen LogP contribution in [0.25, 0.3) is 0 Å². The number of esters is 1. The summed E-state index contributed by atoms with van der Waals surface area (Å²) in [7, 11) is 0. The average Bonchev–Trinajstić information content (AvgIpc) is 2.43. The molecule has 0 bridgehead atoms. The van der Waals surface area contributed by atoms with Gasteiger partial charge in [-0.25, -0.2) is 10.2 Å². The van der Waals surface area contributed by atoms with Gasteiger partial charge >= 0.3 is 5.97 Å². The number of carbonyl (C=O) groups excluding carboxylic acids is 2. The van der Waals surface area contributed by atoms with E-state index in [-0.39, 0.29) is 18.5 Å². The summed E-state index contributed by atoms with van der Waals surface area (Å²) in [6.07, 6.45) is 0. The summed E-state index contributed by atoms with van der Waals surface area (Å²) in [5, 5.41) is 3.77. The molecular weight excluding hydrogens is 260 g/mol. The van der Waals surface area contributed by atoms with Gasteiger partial charge in [0.05, 0.1) is 12.2 Å². The summed E-state index contributed by atoms with van der Waals surface area (Å²) >= 11 is 0. The number of nitrogens with zero attached hydrogens (tertiary/aromatic N) is 1. The van der Waals surface area contributed by atoms with E-state index >= 15 is 0 Å². The lowest BCUT2D eigenvalue weighted by Gasteiger charge is -2.06. The van der Waals surface area contributed by atoms with Gasteiger partial charge in [0.25, 0.3) is 5.91 Å². The first-order valence-corrected chi connectivity index (χ1v) is 6.22. The average molecular weight is 278 g/mol. The highest BCUT2D eigenvalue weighted by Crippen LogP contribution is 2.12. The van der Waals surface area contributed by atoms with Crippen molar-refractivity contribution in [1.29, 1.82) is 0 Å². The molecule has 0 radical (unpaired) electrons. The minimum absolute atomic E-state index is 0.143. The Morgan fingerprint density at radius 3 is 2.40 bits per heavy atom. The summed E-state index contributed by atoms with van der Waals surface area (Å²) < 4.78 is 10.1. The van der Waals surface area contributed by atoms with Gasteiger partial charge in [-0.05, 0) is 45.0 Å². The van der Waals surface area contributed by atoms with E-state index < -0.39 is 0 Å². The van der Waals surface area contributed by atoms with Crippen molar-refractivity contribution < 1.29 is 19.1 Å². The van der Waals surface area contributed by atoms with Crippen molar-refractivity contribution in [2.75, 3.05) is 13.2 Å². The fraction of sp³-hybridized carbons (Fsp3) is 0.357. The maximum absolute atomic E-state index is 11.4. The molecule has 0 atom stereocenters. The second-order valence-corrected chi connectivity index (χ2v) is 4.13. The molecule has 6 nitrogen and oxygen atoms in total. The van der Waals surface area contributed by atoms with Crippen LogP contribution in [-0.2, 0) is 9.53 Å². The number of amides is 1. The van der Waals surface area contributed by atoms with Crippen LogP contribution in [0.15, 0.2) is 29.4 Å². The van der Waals surface area contributed by atoms with Crippen LogP contribution in [0.2, 0.25) is 0 Å². The second kappa shape index (κ2) is 7.93. The lowest BCUT2D eigenvalue weighted by Crippen LogP contribution is -2.25. The Morgan fingerprint density at radius 1 is 1.20 bits per heavy atom. The van der Waals surface area contributed by atoms with Gasteiger partial charge in [-0.15, -0.1) is 0 Å². The maximum Gasteiger partial charge on any atom is 0.338 e. The van der Waals surface area contributed by atoms with Crippen molar-refractivity contribution in [3.63, 3.8) is 0 Å². The van der Waals surface area contributed by atoms with Crippen LogP contribution in [0, 0.1) is 0 Å². The number of rotatable bonds is 6. The largest absolute Gasteiger partial charge is 0.484 e. The first kappa shape index (κ1) is 15.7. The minimum Gasteiger partial charge on any atom is -0.484 e. The topological polar surface area (TPSA) is 77.0 Å². The Morgan fingerprint density at radius 2 is 1.85 bits per heavy atom. The lowest BCUT2D eigenvalue weighted by molar-refractivity contribution is -0.123. The predicted molar refractivity (Wildman–Crippen MR) is 74.8 cm³/mol.